The number of aromatic nitrogens is 1. The molecule has 7 nitrogen and oxygen atoms in total. The number of ether oxygens (including phenoxy) is 2. The van der Waals surface area contributed by atoms with Crippen LogP contribution in [-0.2, 0) is 25.7 Å². The summed E-state index contributed by atoms with van der Waals surface area (Å²) in [6, 6.07) is 12.5. The summed E-state index contributed by atoms with van der Waals surface area (Å²) in [5.41, 5.74) is 1.69. The number of methoxy groups -OCH3 is 1. The van der Waals surface area contributed by atoms with Gasteiger partial charge in [0.2, 0.25) is 0 Å². The summed E-state index contributed by atoms with van der Waals surface area (Å²) in [4.78, 5) is 21.3. The van der Waals surface area contributed by atoms with E-state index in [1.807, 2.05) is 18.2 Å². The van der Waals surface area contributed by atoms with Crippen LogP contribution in [0.5, 0.6) is 0 Å². The second-order valence-electron chi connectivity index (χ2n) is 6.36. The van der Waals surface area contributed by atoms with Gasteiger partial charge >= 0.3 is 5.97 Å². The smallest absolute Gasteiger partial charge is 0.339 e. The number of benzene rings is 1. The first-order valence-electron chi connectivity index (χ1n) is 8.97. The van der Waals surface area contributed by atoms with Crippen molar-refractivity contribution >= 4 is 17.4 Å². The van der Waals surface area contributed by atoms with Crippen molar-refractivity contribution in [2.24, 2.45) is 11.1 Å². The second-order valence-corrected chi connectivity index (χ2v) is 6.36. The Morgan fingerprint density at radius 1 is 1.21 bits per heavy atom. The highest BCUT2D eigenvalue weighted by Gasteiger charge is 2.25. The molecule has 0 unspecified atom stereocenters. The van der Waals surface area contributed by atoms with E-state index in [-0.39, 0.29) is 18.1 Å². The Labute approximate surface area is 163 Å². The summed E-state index contributed by atoms with van der Waals surface area (Å²) in [6.07, 6.45) is 5.10. The lowest BCUT2D eigenvalue weighted by molar-refractivity contribution is -0.130. The van der Waals surface area contributed by atoms with Gasteiger partial charge in [0, 0.05) is 17.3 Å². The van der Waals surface area contributed by atoms with Gasteiger partial charge in [-0.15, -0.1) is 0 Å². The molecule has 1 fully saturated rings. The summed E-state index contributed by atoms with van der Waals surface area (Å²) in [5.74, 6) is -0.367. The second kappa shape index (κ2) is 9.55. The minimum Gasteiger partial charge on any atom is -0.503 e. The lowest BCUT2D eigenvalue weighted by Crippen LogP contribution is -2.14. The van der Waals surface area contributed by atoms with Crippen molar-refractivity contribution in [1.29, 1.82) is 0 Å². The van der Waals surface area contributed by atoms with E-state index in [4.69, 9.17) is 14.3 Å². The number of hydrogen-bond donors (Lipinski definition) is 1. The van der Waals surface area contributed by atoms with Gasteiger partial charge in [0.05, 0.1) is 25.7 Å². The summed E-state index contributed by atoms with van der Waals surface area (Å²) in [5, 5.41) is 13.7. The maximum Gasteiger partial charge on any atom is 0.339 e. The molecule has 1 N–H and O–H groups in total. The van der Waals surface area contributed by atoms with E-state index in [2.05, 4.69) is 10.1 Å². The number of oxime groups is 1. The number of rotatable bonds is 9. The van der Waals surface area contributed by atoms with Gasteiger partial charge < -0.3 is 19.4 Å². The number of carbonyl (C=O) groups is 1. The Bertz CT molecular complexity index is 860. The van der Waals surface area contributed by atoms with Crippen LogP contribution in [0, 0.1) is 5.92 Å². The molecule has 0 radical (unpaired) electrons. The molecule has 0 spiro atoms. The SMILES string of the molecule is CO/C=C(/C(=O)O)c1ccccc1/C(=N\OCc1ccccn1)OCC1CC1. The molecule has 1 saturated carbocycles. The topological polar surface area (TPSA) is 90.2 Å². The number of carboxylic acids is 1. The van der Waals surface area contributed by atoms with Crippen LogP contribution in [-0.4, -0.2) is 35.7 Å². The molecule has 1 aromatic heterocycles. The highest BCUT2D eigenvalue weighted by molar-refractivity contribution is 6.18. The molecule has 0 saturated heterocycles. The minimum atomic E-state index is -1.11. The van der Waals surface area contributed by atoms with Gasteiger partial charge in [0.1, 0.15) is 5.57 Å². The van der Waals surface area contributed by atoms with Gasteiger partial charge in [-0.05, 0) is 42.1 Å². The Hall–Kier alpha value is -3.35. The molecule has 0 atom stereocenters. The van der Waals surface area contributed by atoms with Crippen molar-refractivity contribution in [2.45, 2.75) is 19.4 Å². The molecule has 1 heterocycles. The molecule has 7 heteroatoms. The Morgan fingerprint density at radius 2 is 1.96 bits per heavy atom. The summed E-state index contributed by atoms with van der Waals surface area (Å²) in [7, 11) is 1.40. The Morgan fingerprint density at radius 3 is 2.61 bits per heavy atom. The van der Waals surface area contributed by atoms with Gasteiger partial charge in [-0.2, -0.15) is 0 Å². The molecular formula is C21H22N2O5. The average Bonchev–Trinajstić information content (AvgIpc) is 3.54. The van der Waals surface area contributed by atoms with Crippen LogP contribution < -0.4 is 0 Å². The molecule has 146 valence electrons. The molecule has 0 aliphatic heterocycles. The standard InChI is InChI=1S/C21H22N2O5/c1-26-14-19(21(24)25)17-7-2-3-8-18(17)20(27-12-15-9-10-15)23-28-13-16-6-4-5-11-22-16/h2-8,11,14-15H,9-10,12-13H2,1H3,(H,24,25)/b19-14+,23-20+. The predicted molar refractivity (Wildman–Crippen MR) is 103 cm³/mol. The number of nitrogens with zero attached hydrogens (tertiary/aromatic N) is 2. The highest BCUT2D eigenvalue weighted by atomic mass is 16.6. The number of hydrogen-bond acceptors (Lipinski definition) is 6. The molecular weight excluding hydrogens is 360 g/mol. The lowest BCUT2D eigenvalue weighted by Gasteiger charge is -2.13. The fourth-order valence-corrected chi connectivity index (χ4v) is 2.53. The van der Waals surface area contributed by atoms with Crippen molar-refractivity contribution in [1.82, 2.24) is 4.98 Å². The van der Waals surface area contributed by atoms with Crippen LogP contribution in [0.1, 0.15) is 29.7 Å². The summed E-state index contributed by atoms with van der Waals surface area (Å²) in [6.45, 7) is 0.690. The quantitative estimate of drug-likeness (QED) is 0.235. The first-order chi connectivity index (χ1) is 13.7. The fraction of sp³-hybridized carbons (Fsp3) is 0.286. The number of pyridine rings is 1. The maximum absolute atomic E-state index is 11.7. The van der Waals surface area contributed by atoms with Crippen LogP contribution in [0.2, 0.25) is 0 Å². The normalized spacial score (nSPS) is 14.5. The van der Waals surface area contributed by atoms with E-state index in [0.717, 1.165) is 18.5 Å². The van der Waals surface area contributed by atoms with E-state index >= 15 is 0 Å². The zero-order valence-corrected chi connectivity index (χ0v) is 15.6. The van der Waals surface area contributed by atoms with Crippen LogP contribution >= 0.6 is 0 Å². The molecule has 28 heavy (non-hydrogen) atoms. The third kappa shape index (κ3) is 5.33. The predicted octanol–water partition coefficient (Wildman–Crippen LogP) is 3.46. The van der Waals surface area contributed by atoms with E-state index < -0.39 is 5.97 Å². The van der Waals surface area contributed by atoms with Gasteiger partial charge in [0.25, 0.3) is 5.90 Å². The molecule has 1 aliphatic carbocycles. The largest absolute Gasteiger partial charge is 0.503 e. The molecule has 0 amide bonds. The van der Waals surface area contributed by atoms with Crippen LogP contribution in [0.3, 0.4) is 0 Å². The Kier molecular flexibility index (Phi) is 6.62. The highest BCUT2D eigenvalue weighted by Crippen LogP contribution is 2.30. The van der Waals surface area contributed by atoms with Crippen LogP contribution in [0.25, 0.3) is 5.57 Å². The van der Waals surface area contributed by atoms with E-state index in [9.17, 15) is 9.90 Å². The molecule has 2 aromatic rings. The van der Waals surface area contributed by atoms with Crippen LogP contribution in [0.4, 0.5) is 0 Å². The number of carboxylic acid groups (broad SMARTS) is 1. The Balaban J connectivity index is 1.87. The zero-order chi connectivity index (χ0) is 19.8. The molecule has 1 aliphatic rings. The average molecular weight is 382 g/mol. The molecule has 0 bridgehead atoms. The van der Waals surface area contributed by atoms with E-state index in [1.165, 1.54) is 13.4 Å². The van der Waals surface area contributed by atoms with Crippen molar-refractivity contribution in [3.05, 3.63) is 71.7 Å². The summed E-state index contributed by atoms with van der Waals surface area (Å²) < 4.78 is 10.8. The van der Waals surface area contributed by atoms with Gasteiger partial charge in [-0.3, -0.25) is 4.98 Å². The molecule has 3 rings (SSSR count). The minimum absolute atomic E-state index is 0.00514. The van der Waals surface area contributed by atoms with E-state index in [0.29, 0.717) is 23.7 Å². The lowest BCUT2D eigenvalue weighted by atomic mass is 10.0. The summed E-state index contributed by atoms with van der Waals surface area (Å²) >= 11 is 0. The number of aliphatic carboxylic acids is 1. The van der Waals surface area contributed by atoms with Gasteiger partial charge in [0.15, 0.2) is 6.61 Å². The van der Waals surface area contributed by atoms with Gasteiger partial charge in [-0.25, -0.2) is 4.79 Å². The maximum atomic E-state index is 11.7. The first kappa shape index (κ1) is 19.4. The van der Waals surface area contributed by atoms with Crippen molar-refractivity contribution in [3.8, 4) is 0 Å². The fourth-order valence-electron chi connectivity index (χ4n) is 2.53. The van der Waals surface area contributed by atoms with Crippen molar-refractivity contribution in [3.63, 3.8) is 0 Å². The third-order valence-electron chi connectivity index (χ3n) is 4.15. The van der Waals surface area contributed by atoms with Gasteiger partial charge in [-0.1, -0.05) is 24.3 Å². The van der Waals surface area contributed by atoms with E-state index in [1.54, 1.807) is 30.5 Å². The van der Waals surface area contributed by atoms with Crippen LogP contribution in [0.15, 0.2) is 60.1 Å². The van der Waals surface area contributed by atoms with Crippen molar-refractivity contribution in [2.75, 3.05) is 13.7 Å². The monoisotopic (exact) mass is 382 g/mol. The first-order valence-corrected chi connectivity index (χ1v) is 8.97. The molecule has 1 aromatic carbocycles. The van der Waals surface area contributed by atoms with Crippen molar-refractivity contribution < 1.29 is 24.2 Å². The third-order valence-corrected chi connectivity index (χ3v) is 4.15. The zero-order valence-electron chi connectivity index (χ0n) is 15.6.